The van der Waals surface area contributed by atoms with Gasteiger partial charge in [0.1, 0.15) is 5.75 Å². The molecule has 1 fully saturated rings. The Balaban J connectivity index is 1.90. The molecule has 0 bridgehead atoms. The number of anilines is 2. The van der Waals surface area contributed by atoms with Crippen LogP contribution in [0.2, 0.25) is 0 Å². The first-order chi connectivity index (χ1) is 9.69. The zero-order chi connectivity index (χ0) is 14.1. The van der Waals surface area contributed by atoms with Crippen molar-refractivity contribution in [1.82, 2.24) is 5.32 Å². The second-order valence-electron chi connectivity index (χ2n) is 5.01. The molecule has 2 aliphatic rings. The van der Waals surface area contributed by atoms with E-state index in [9.17, 15) is 4.79 Å². The maximum Gasteiger partial charge on any atom is 0.321 e. The molecule has 6 nitrogen and oxygen atoms in total. The molecule has 0 aliphatic carbocycles. The molecule has 1 aromatic rings. The molecule has 3 rings (SSSR count). The van der Waals surface area contributed by atoms with Gasteiger partial charge in [-0.25, -0.2) is 4.79 Å². The van der Waals surface area contributed by atoms with Gasteiger partial charge in [-0.05, 0) is 19.1 Å². The first-order valence-electron chi connectivity index (χ1n) is 6.72. The number of rotatable bonds is 3. The molecule has 1 N–H and O–H groups in total. The Hall–Kier alpha value is -2.24. The minimum Gasteiger partial charge on any atom is -0.494 e. The van der Waals surface area contributed by atoms with Crippen molar-refractivity contribution in [1.29, 1.82) is 0 Å². The molecule has 2 aliphatic heterocycles. The fourth-order valence-electron chi connectivity index (χ4n) is 2.52. The average Bonchev–Trinajstić information content (AvgIpc) is 3.06. The van der Waals surface area contributed by atoms with Gasteiger partial charge in [0.15, 0.2) is 0 Å². The molecule has 106 valence electrons. The number of methoxy groups -OCH3 is 1. The van der Waals surface area contributed by atoms with E-state index in [0.29, 0.717) is 19.1 Å². The van der Waals surface area contributed by atoms with E-state index in [2.05, 4.69) is 22.1 Å². The van der Waals surface area contributed by atoms with Gasteiger partial charge in [0, 0.05) is 31.4 Å². The topological polar surface area (TPSA) is 57.2 Å². The summed E-state index contributed by atoms with van der Waals surface area (Å²) in [5.74, 6) is 0.753. The molecule has 2 amide bonds. The van der Waals surface area contributed by atoms with Crippen LogP contribution in [0.5, 0.6) is 5.75 Å². The molecule has 1 unspecified atom stereocenters. The van der Waals surface area contributed by atoms with Gasteiger partial charge in [-0.3, -0.25) is 9.89 Å². The van der Waals surface area contributed by atoms with Crippen LogP contribution in [-0.4, -0.2) is 45.2 Å². The van der Waals surface area contributed by atoms with E-state index in [1.807, 2.05) is 24.5 Å². The molecule has 0 saturated carbocycles. The van der Waals surface area contributed by atoms with Gasteiger partial charge in [-0.1, -0.05) is 0 Å². The highest BCUT2D eigenvalue weighted by Gasteiger charge is 2.23. The third-order valence-electron chi connectivity index (χ3n) is 3.56. The summed E-state index contributed by atoms with van der Waals surface area (Å²) in [6.07, 6.45) is 1.84. The number of carbonyl (C=O) groups is 1. The van der Waals surface area contributed by atoms with E-state index < -0.39 is 0 Å². The van der Waals surface area contributed by atoms with Crippen molar-refractivity contribution >= 4 is 23.7 Å². The normalized spacial score (nSPS) is 21.5. The number of benzene rings is 1. The highest BCUT2D eigenvalue weighted by Crippen LogP contribution is 2.33. The largest absolute Gasteiger partial charge is 0.494 e. The lowest BCUT2D eigenvalue weighted by Crippen LogP contribution is -2.28. The third-order valence-corrected chi connectivity index (χ3v) is 3.56. The summed E-state index contributed by atoms with van der Waals surface area (Å²) >= 11 is 0. The maximum atomic E-state index is 11.7. The third kappa shape index (κ3) is 2.17. The van der Waals surface area contributed by atoms with Crippen molar-refractivity contribution in [3.8, 4) is 5.75 Å². The highest BCUT2D eigenvalue weighted by molar-refractivity contribution is 5.95. The monoisotopic (exact) mass is 274 g/mol. The van der Waals surface area contributed by atoms with Crippen molar-refractivity contribution in [3.05, 3.63) is 18.2 Å². The Morgan fingerprint density at radius 3 is 2.90 bits per heavy atom. The van der Waals surface area contributed by atoms with Crippen molar-refractivity contribution < 1.29 is 9.53 Å². The maximum absolute atomic E-state index is 11.7. The van der Waals surface area contributed by atoms with E-state index in [-0.39, 0.29) is 6.03 Å². The van der Waals surface area contributed by atoms with Gasteiger partial charge in [0.05, 0.1) is 25.2 Å². The fourth-order valence-corrected chi connectivity index (χ4v) is 2.52. The predicted octanol–water partition coefficient (Wildman–Crippen LogP) is 1.46. The van der Waals surface area contributed by atoms with Gasteiger partial charge < -0.3 is 15.0 Å². The van der Waals surface area contributed by atoms with Crippen LogP contribution >= 0.6 is 0 Å². The van der Waals surface area contributed by atoms with Crippen LogP contribution in [0.15, 0.2) is 23.2 Å². The van der Waals surface area contributed by atoms with E-state index in [0.717, 1.165) is 23.7 Å². The minimum atomic E-state index is -0.0591. The van der Waals surface area contributed by atoms with Crippen LogP contribution in [0.1, 0.15) is 6.92 Å². The number of ether oxygens (including phenoxy) is 1. The van der Waals surface area contributed by atoms with Crippen LogP contribution in [0, 0.1) is 0 Å². The van der Waals surface area contributed by atoms with Gasteiger partial charge in [0.2, 0.25) is 0 Å². The highest BCUT2D eigenvalue weighted by atomic mass is 16.5. The van der Waals surface area contributed by atoms with Gasteiger partial charge in [0.25, 0.3) is 0 Å². The molecule has 0 aromatic heterocycles. The SMILES string of the molecule is COc1cc(N2CCNC2=O)ccc1N1C=NC(C)C1. The van der Waals surface area contributed by atoms with Crippen molar-refractivity contribution in [2.24, 2.45) is 4.99 Å². The predicted molar refractivity (Wildman–Crippen MR) is 79.0 cm³/mol. The molecule has 6 heteroatoms. The Kier molecular flexibility index (Phi) is 3.22. The van der Waals surface area contributed by atoms with Gasteiger partial charge in [-0.15, -0.1) is 0 Å². The van der Waals surface area contributed by atoms with Crippen LogP contribution in [0.3, 0.4) is 0 Å². The zero-order valence-electron chi connectivity index (χ0n) is 11.7. The Morgan fingerprint density at radius 1 is 1.45 bits per heavy atom. The summed E-state index contributed by atoms with van der Waals surface area (Å²) in [5, 5.41) is 2.80. The Labute approximate surface area is 118 Å². The smallest absolute Gasteiger partial charge is 0.321 e. The summed E-state index contributed by atoms with van der Waals surface area (Å²) in [7, 11) is 1.64. The number of nitrogens with one attached hydrogen (secondary N) is 1. The number of hydrogen-bond donors (Lipinski definition) is 1. The molecule has 0 spiro atoms. The molecular formula is C14H18N4O2. The summed E-state index contributed by atoms with van der Waals surface area (Å²) in [6.45, 7) is 4.29. The summed E-state index contributed by atoms with van der Waals surface area (Å²) in [6, 6.07) is 6.06. The van der Waals surface area contributed by atoms with Crippen LogP contribution in [-0.2, 0) is 0 Å². The lowest BCUT2D eigenvalue weighted by atomic mass is 10.2. The van der Waals surface area contributed by atoms with Crippen molar-refractivity contribution in [3.63, 3.8) is 0 Å². The van der Waals surface area contributed by atoms with Gasteiger partial charge >= 0.3 is 6.03 Å². The molecule has 20 heavy (non-hydrogen) atoms. The first-order valence-corrected chi connectivity index (χ1v) is 6.72. The zero-order valence-corrected chi connectivity index (χ0v) is 11.7. The Morgan fingerprint density at radius 2 is 2.30 bits per heavy atom. The van der Waals surface area contributed by atoms with Gasteiger partial charge in [-0.2, -0.15) is 0 Å². The van der Waals surface area contributed by atoms with Crippen molar-refractivity contribution in [2.75, 3.05) is 36.5 Å². The number of amides is 2. The number of carbonyl (C=O) groups excluding carboxylic acids is 1. The lowest BCUT2D eigenvalue weighted by Gasteiger charge is -2.21. The van der Waals surface area contributed by atoms with Crippen LogP contribution in [0.25, 0.3) is 0 Å². The number of hydrogen-bond acceptors (Lipinski definition) is 4. The molecule has 2 heterocycles. The second kappa shape index (κ2) is 5.03. The number of nitrogens with zero attached hydrogens (tertiary/aromatic N) is 3. The fraction of sp³-hybridized carbons (Fsp3) is 0.429. The molecular weight excluding hydrogens is 256 g/mol. The molecule has 0 radical (unpaired) electrons. The summed E-state index contributed by atoms with van der Waals surface area (Å²) < 4.78 is 5.47. The van der Waals surface area contributed by atoms with E-state index in [1.165, 1.54) is 0 Å². The van der Waals surface area contributed by atoms with E-state index in [4.69, 9.17) is 4.74 Å². The Bertz CT molecular complexity index is 558. The summed E-state index contributed by atoms with van der Waals surface area (Å²) in [4.78, 5) is 19.8. The van der Waals surface area contributed by atoms with E-state index in [1.54, 1.807) is 12.0 Å². The molecule has 1 atom stereocenters. The summed E-state index contributed by atoms with van der Waals surface area (Å²) in [5.41, 5.74) is 1.83. The molecule has 1 aromatic carbocycles. The molecule has 1 saturated heterocycles. The van der Waals surface area contributed by atoms with Crippen LogP contribution in [0.4, 0.5) is 16.2 Å². The standard InChI is InChI=1S/C14H18N4O2/c1-10-8-17(9-16-10)12-4-3-11(7-13(12)20-2)18-6-5-15-14(18)19/h3-4,7,9-10H,5-6,8H2,1-2H3,(H,15,19). The second-order valence-corrected chi connectivity index (χ2v) is 5.01. The minimum absolute atomic E-state index is 0.0591. The van der Waals surface area contributed by atoms with Crippen LogP contribution < -0.4 is 19.9 Å². The quantitative estimate of drug-likeness (QED) is 0.908. The first kappa shape index (κ1) is 12.8. The average molecular weight is 274 g/mol. The lowest BCUT2D eigenvalue weighted by molar-refractivity contribution is 0.252. The number of aliphatic imine (C=N–C) groups is 1. The van der Waals surface area contributed by atoms with E-state index >= 15 is 0 Å². The van der Waals surface area contributed by atoms with Crippen molar-refractivity contribution in [2.45, 2.75) is 13.0 Å². The number of urea groups is 1.